The quantitative estimate of drug-likeness (QED) is 0.569. The molecule has 0 aromatic rings. The molecule has 2 nitrogen and oxygen atoms in total. The summed E-state index contributed by atoms with van der Waals surface area (Å²) in [5.41, 5.74) is 5.87. The van der Waals surface area contributed by atoms with Crippen molar-refractivity contribution in [3.63, 3.8) is 0 Å². The van der Waals surface area contributed by atoms with Crippen LogP contribution in [0, 0.1) is 0 Å². The molecule has 0 saturated carbocycles. The van der Waals surface area contributed by atoms with Crippen molar-refractivity contribution in [2.45, 2.75) is 44.2 Å². The Hall–Kier alpha value is -1.28. The van der Waals surface area contributed by atoms with Crippen molar-refractivity contribution in [2.75, 3.05) is 0 Å². The summed E-state index contributed by atoms with van der Waals surface area (Å²) in [5.74, 6) is 0. The van der Waals surface area contributed by atoms with E-state index in [0.717, 1.165) is 25.7 Å². The highest BCUT2D eigenvalue weighted by Gasteiger charge is 2.18. The molecule has 0 aromatic carbocycles. The molecule has 0 heterocycles. The Labute approximate surface area is 106 Å². The smallest absolute Gasteiger partial charge is 0.0408 e. The fourth-order valence-corrected chi connectivity index (χ4v) is 1.65. The molecule has 0 rings (SSSR count). The summed E-state index contributed by atoms with van der Waals surface area (Å²) in [5, 5.41) is 3.39. The van der Waals surface area contributed by atoms with Crippen molar-refractivity contribution in [3.05, 3.63) is 50.2 Å². The Morgan fingerprint density at radius 3 is 2.18 bits per heavy atom. The van der Waals surface area contributed by atoms with E-state index in [-0.39, 0.29) is 11.6 Å². The van der Waals surface area contributed by atoms with Gasteiger partial charge in [0, 0.05) is 11.6 Å². The Morgan fingerprint density at radius 1 is 1.12 bits per heavy atom. The van der Waals surface area contributed by atoms with Crippen LogP contribution in [0.1, 0.15) is 32.6 Å². The molecule has 0 aliphatic heterocycles. The maximum Gasteiger partial charge on any atom is 0.0408 e. The Morgan fingerprint density at radius 2 is 1.71 bits per heavy atom. The number of hydrogen-bond acceptors (Lipinski definition) is 2. The summed E-state index contributed by atoms with van der Waals surface area (Å²) >= 11 is 0. The zero-order valence-electron chi connectivity index (χ0n) is 11.0. The highest BCUT2D eigenvalue weighted by molar-refractivity contribution is 4.99. The summed E-state index contributed by atoms with van der Waals surface area (Å²) < 4.78 is 0. The van der Waals surface area contributed by atoms with Gasteiger partial charge in [-0.05, 0) is 38.8 Å². The maximum absolute atomic E-state index is 5.87. The lowest BCUT2D eigenvalue weighted by Gasteiger charge is -2.27. The molecular formula is C15H26N2. The highest BCUT2D eigenvalue weighted by Crippen LogP contribution is 2.15. The van der Waals surface area contributed by atoms with E-state index in [1.807, 2.05) is 24.4 Å². The second-order valence-corrected chi connectivity index (χ2v) is 4.61. The van der Waals surface area contributed by atoms with Crippen LogP contribution in [0.4, 0.5) is 0 Å². The van der Waals surface area contributed by atoms with E-state index in [1.54, 1.807) is 0 Å². The number of hydrogen-bond donors (Lipinski definition) is 2. The predicted octanol–water partition coefficient (Wildman–Crippen LogP) is 3.29. The largest absolute Gasteiger partial charge is 0.385 e. The van der Waals surface area contributed by atoms with Crippen LogP contribution in [-0.4, -0.2) is 11.6 Å². The van der Waals surface area contributed by atoms with Gasteiger partial charge in [-0.1, -0.05) is 24.3 Å². The van der Waals surface area contributed by atoms with Gasteiger partial charge in [-0.25, -0.2) is 0 Å². The third kappa shape index (κ3) is 7.58. The molecule has 1 atom stereocenters. The monoisotopic (exact) mass is 234 g/mol. The summed E-state index contributed by atoms with van der Waals surface area (Å²) in [6.07, 6.45) is 13.3. The molecular weight excluding hydrogens is 208 g/mol. The molecule has 0 saturated heterocycles. The molecule has 0 aromatic heterocycles. The molecule has 0 aliphatic carbocycles. The molecule has 0 bridgehead atoms. The highest BCUT2D eigenvalue weighted by atomic mass is 14.9. The van der Waals surface area contributed by atoms with Gasteiger partial charge in [0.2, 0.25) is 0 Å². The molecule has 1 unspecified atom stereocenters. The lowest BCUT2D eigenvalue weighted by atomic mass is 9.94. The van der Waals surface area contributed by atoms with E-state index in [4.69, 9.17) is 5.73 Å². The zero-order chi connectivity index (χ0) is 13.1. The third-order valence-corrected chi connectivity index (χ3v) is 2.65. The minimum absolute atomic E-state index is 0.00251. The summed E-state index contributed by atoms with van der Waals surface area (Å²) in [7, 11) is 0. The van der Waals surface area contributed by atoms with Crippen LogP contribution in [0.5, 0.6) is 0 Å². The van der Waals surface area contributed by atoms with Gasteiger partial charge in [-0.2, -0.15) is 0 Å². The van der Waals surface area contributed by atoms with Gasteiger partial charge < -0.3 is 11.1 Å². The van der Waals surface area contributed by atoms with Crippen molar-refractivity contribution < 1.29 is 0 Å². The van der Waals surface area contributed by atoms with E-state index in [9.17, 15) is 0 Å². The molecule has 0 fully saturated rings. The van der Waals surface area contributed by atoms with Gasteiger partial charge in [0.1, 0.15) is 0 Å². The van der Waals surface area contributed by atoms with E-state index < -0.39 is 0 Å². The van der Waals surface area contributed by atoms with Crippen LogP contribution < -0.4 is 11.1 Å². The van der Waals surface area contributed by atoms with E-state index in [0.29, 0.717) is 0 Å². The van der Waals surface area contributed by atoms with Crippen molar-refractivity contribution in [3.8, 4) is 0 Å². The van der Waals surface area contributed by atoms with Crippen LogP contribution in [0.3, 0.4) is 0 Å². The maximum atomic E-state index is 5.87. The average Bonchev–Trinajstić information content (AvgIpc) is 2.26. The fraction of sp³-hybridized carbons (Fsp3) is 0.467. The summed E-state index contributed by atoms with van der Waals surface area (Å²) in [6, 6.07) is 0.163. The van der Waals surface area contributed by atoms with Gasteiger partial charge in [-0.3, -0.25) is 0 Å². The predicted molar refractivity (Wildman–Crippen MR) is 77.7 cm³/mol. The Balaban J connectivity index is 4.11. The number of rotatable bonds is 10. The second-order valence-electron chi connectivity index (χ2n) is 4.61. The third-order valence-electron chi connectivity index (χ3n) is 2.65. The average molecular weight is 234 g/mol. The first-order valence-electron chi connectivity index (χ1n) is 6.09. The molecule has 3 N–H and O–H groups in total. The van der Waals surface area contributed by atoms with E-state index >= 15 is 0 Å². The Kier molecular flexibility index (Phi) is 8.16. The van der Waals surface area contributed by atoms with Crippen molar-refractivity contribution in [2.24, 2.45) is 5.73 Å². The lowest BCUT2D eigenvalue weighted by Crippen LogP contribution is -2.37. The van der Waals surface area contributed by atoms with Crippen molar-refractivity contribution in [1.82, 2.24) is 5.32 Å². The minimum atomic E-state index is 0.00251. The summed E-state index contributed by atoms with van der Waals surface area (Å²) in [6.45, 7) is 13.4. The van der Waals surface area contributed by atoms with Crippen LogP contribution in [0.25, 0.3) is 0 Å². The van der Waals surface area contributed by atoms with Gasteiger partial charge >= 0.3 is 0 Å². The van der Waals surface area contributed by atoms with Crippen LogP contribution >= 0.6 is 0 Å². The lowest BCUT2D eigenvalue weighted by molar-refractivity contribution is 0.410. The molecule has 0 aliphatic rings. The van der Waals surface area contributed by atoms with Gasteiger partial charge in [0.05, 0.1) is 0 Å². The minimum Gasteiger partial charge on any atom is -0.385 e. The molecule has 96 valence electrons. The summed E-state index contributed by atoms with van der Waals surface area (Å²) in [4.78, 5) is 0. The van der Waals surface area contributed by atoms with Gasteiger partial charge in [0.25, 0.3) is 0 Å². The van der Waals surface area contributed by atoms with Gasteiger partial charge in [-0.15, -0.1) is 19.7 Å². The molecule has 2 heteroatoms. The van der Waals surface area contributed by atoms with Crippen LogP contribution in [-0.2, 0) is 0 Å². The molecule has 0 radical (unpaired) electrons. The van der Waals surface area contributed by atoms with Crippen molar-refractivity contribution in [1.29, 1.82) is 0 Å². The topological polar surface area (TPSA) is 38.0 Å². The standard InChI is InChI=1S/C15H26N2/c1-5-9-14(16)10-8-13-17-15(4,11-6-2)12-7-3/h5-8,13-14,17H,1-3,9-12,16H2,4H3/b13-8+. The van der Waals surface area contributed by atoms with Crippen molar-refractivity contribution >= 4 is 0 Å². The number of nitrogens with two attached hydrogens (primary N) is 1. The first-order valence-corrected chi connectivity index (χ1v) is 6.09. The van der Waals surface area contributed by atoms with E-state index in [1.165, 1.54) is 0 Å². The SMILES string of the molecule is C=CCC(N)C/C=C/NC(C)(CC=C)CC=C. The molecule has 0 amide bonds. The van der Waals surface area contributed by atoms with Gasteiger partial charge in [0.15, 0.2) is 0 Å². The Bertz CT molecular complexity index is 256. The molecule has 17 heavy (non-hydrogen) atoms. The number of nitrogens with one attached hydrogen (secondary N) is 1. The van der Waals surface area contributed by atoms with E-state index in [2.05, 4.69) is 38.1 Å². The zero-order valence-corrected chi connectivity index (χ0v) is 11.0. The van der Waals surface area contributed by atoms with Crippen LogP contribution in [0.15, 0.2) is 50.2 Å². The fourth-order valence-electron chi connectivity index (χ4n) is 1.65. The first kappa shape index (κ1) is 15.7. The second kappa shape index (κ2) is 8.82. The van der Waals surface area contributed by atoms with Crippen LogP contribution in [0.2, 0.25) is 0 Å². The molecule has 0 spiro atoms. The first-order chi connectivity index (χ1) is 8.08. The normalized spacial score (nSPS) is 13.3.